The predicted octanol–water partition coefficient (Wildman–Crippen LogP) is 14.7. The second kappa shape index (κ2) is 14.9. The summed E-state index contributed by atoms with van der Waals surface area (Å²) in [5.74, 6) is 0.690. The molecule has 0 unspecified atom stereocenters. The summed E-state index contributed by atoms with van der Waals surface area (Å²) in [4.78, 5) is 10.3. The summed E-state index contributed by atoms with van der Waals surface area (Å²) in [5.41, 5.74) is 15.0. The first-order chi connectivity index (χ1) is 30.1. The van der Waals surface area contributed by atoms with Gasteiger partial charge in [-0.3, -0.25) is 0 Å². The van der Waals surface area contributed by atoms with Crippen LogP contribution in [0, 0.1) is 6.92 Å². The number of fused-ring (bicyclic) bond motifs is 5. The average molecular weight is 781 g/mol. The Balaban J connectivity index is 0.939. The minimum absolute atomic E-state index is 0.690. The molecule has 4 nitrogen and oxygen atoms in total. The molecule has 288 valence electrons. The molecule has 3 heterocycles. The molecular weight excluding hydrogens is 741 g/mol. The van der Waals surface area contributed by atoms with Crippen molar-refractivity contribution >= 4 is 55.1 Å². The topological polar surface area (TPSA) is 35.6 Å². The van der Waals surface area contributed by atoms with E-state index in [4.69, 9.17) is 9.97 Å². The van der Waals surface area contributed by atoms with Crippen molar-refractivity contribution in [2.24, 2.45) is 0 Å². The van der Waals surface area contributed by atoms with Gasteiger partial charge in [-0.05, 0) is 102 Å². The molecule has 0 saturated carbocycles. The standard InChI is InChI=1S/C57H40N4/c1-38(43-30-34-56-51(36-43)50-22-12-14-24-55(50)61(56)46-19-7-4-8-20-46)25-33-48-39(2)60(54-23-13-11-21-49(48)54)47-31-28-42(29-32-47)57-58-52(41-16-5-3-6-17-41)37-53(59-57)45-27-26-40-15-9-10-18-44(40)35-45/h3-37H,1H2,2H3/b33-25-. The van der Waals surface area contributed by atoms with Gasteiger partial charge in [0, 0.05) is 55.5 Å². The summed E-state index contributed by atoms with van der Waals surface area (Å²) in [6.45, 7) is 6.75. The highest BCUT2D eigenvalue weighted by Gasteiger charge is 2.17. The fourth-order valence-corrected chi connectivity index (χ4v) is 8.83. The van der Waals surface area contributed by atoms with Crippen molar-refractivity contribution in [2.75, 3.05) is 0 Å². The third-order valence-electron chi connectivity index (χ3n) is 11.9. The fraction of sp³-hybridized carbons (Fsp3) is 0.0175. The molecule has 11 rings (SSSR count). The normalized spacial score (nSPS) is 11.7. The van der Waals surface area contributed by atoms with Crippen molar-refractivity contribution in [3.05, 3.63) is 230 Å². The van der Waals surface area contributed by atoms with Crippen LogP contribution < -0.4 is 0 Å². The summed E-state index contributed by atoms with van der Waals surface area (Å²) < 4.78 is 4.68. The highest BCUT2D eigenvalue weighted by atomic mass is 15.0. The van der Waals surface area contributed by atoms with Crippen molar-refractivity contribution in [1.82, 2.24) is 19.1 Å². The molecular formula is C57H40N4. The molecule has 0 fully saturated rings. The van der Waals surface area contributed by atoms with E-state index in [1.54, 1.807) is 0 Å². The van der Waals surface area contributed by atoms with E-state index < -0.39 is 0 Å². The minimum Gasteiger partial charge on any atom is -0.313 e. The van der Waals surface area contributed by atoms with Gasteiger partial charge in [-0.15, -0.1) is 0 Å². The van der Waals surface area contributed by atoms with Crippen LogP contribution >= 0.6 is 0 Å². The van der Waals surface area contributed by atoms with Crippen LogP contribution in [-0.2, 0) is 0 Å². The zero-order valence-electron chi connectivity index (χ0n) is 33.7. The van der Waals surface area contributed by atoms with Gasteiger partial charge in [0.15, 0.2) is 5.82 Å². The quantitative estimate of drug-likeness (QED) is 0.144. The second-order valence-electron chi connectivity index (χ2n) is 15.6. The molecule has 11 aromatic rings. The molecule has 0 saturated heterocycles. The molecule has 0 bridgehead atoms. The average Bonchev–Trinajstić information content (AvgIpc) is 3.81. The van der Waals surface area contributed by atoms with Gasteiger partial charge in [-0.2, -0.15) is 0 Å². The molecule has 3 aromatic heterocycles. The second-order valence-corrected chi connectivity index (χ2v) is 15.6. The van der Waals surface area contributed by atoms with Crippen LogP contribution in [0.2, 0.25) is 0 Å². The van der Waals surface area contributed by atoms with Gasteiger partial charge >= 0.3 is 0 Å². The van der Waals surface area contributed by atoms with E-state index in [0.29, 0.717) is 5.82 Å². The maximum atomic E-state index is 5.16. The molecule has 0 spiro atoms. The van der Waals surface area contributed by atoms with Crippen LogP contribution in [0.25, 0.3) is 100 Å². The fourth-order valence-electron chi connectivity index (χ4n) is 8.83. The number of benzene rings is 8. The van der Waals surface area contributed by atoms with Gasteiger partial charge in [0.2, 0.25) is 0 Å². The zero-order chi connectivity index (χ0) is 40.9. The Morgan fingerprint density at radius 2 is 1.05 bits per heavy atom. The Labute approximate surface area is 354 Å². The van der Waals surface area contributed by atoms with Crippen LogP contribution in [0.3, 0.4) is 0 Å². The summed E-state index contributed by atoms with van der Waals surface area (Å²) >= 11 is 0. The van der Waals surface area contributed by atoms with Crippen LogP contribution in [0.15, 0.2) is 213 Å². The number of hydrogen-bond acceptors (Lipinski definition) is 2. The SMILES string of the molecule is C=C(/C=C\c1c(C)n(-c2ccc(-c3nc(-c4ccccc4)cc(-c4ccc5ccccc5c4)n3)cc2)c2ccccc12)c1ccc2c(c1)c1ccccc1n2-c1ccccc1. The van der Waals surface area contributed by atoms with Gasteiger partial charge in [-0.25, -0.2) is 9.97 Å². The first-order valence-corrected chi connectivity index (χ1v) is 20.7. The summed E-state index contributed by atoms with van der Waals surface area (Å²) in [5, 5.41) is 6.02. The Kier molecular flexibility index (Phi) is 8.83. The minimum atomic E-state index is 0.690. The van der Waals surface area contributed by atoms with E-state index in [1.165, 1.54) is 43.5 Å². The lowest BCUT2D eigenvalue weighted by atomic mass is 10.0. The van der Waals surface area contributed by atoms with Gasteiger partial charge in [0.25, 0.3) is 0 Å². The van der Waals surface area contributed by atoms with Crippen LogP contribution in [0.1, 0.15) is 16.8 Å². The smallest absolute Gasteiger partial charge is 0.160 e. The molecule has 0 aliphatic heterocycles. The monoisotopic (exact) mass is 780 g/mol. The highest BCUT2D eigenvalue weighted by molar-refractivity contribution is 6.10. The van der Waals surface area contributed by atoms with Crippen molar-refractivity contribution in [2.45, 2.75) is 6.92 Å². The molecule has 61 heavy (non-hydrogen) atoms. The molecule has 0 aliphatic carbocycles. The number of nitrogens with zero attached hydrogens (tertiary/aromatic N) is 4. The number of aromatic nitrogens is 4. The van der Waals surface area contributed by atoms with Gasteiger partial charge in [0.05, 0.1) is 27.9 Å². The predicted molar refractivity (Wildman–Crippen MR) is 256 cm³/mol. The van der Waals surface area contributed by atoms with Crippen LogP contribution in [-0.4, -0.2) is 19.1 Å². The van der Waals surface area contributed by atoms with Crippen molar-refractivity contribution in [3.63, 3.8) is 0 Å². The summed E-state index contributed by atoms with van der Waals surface area (Å²) in [6, 6.07) is 70.6. The number of allylic oxidation sites excluding steroid dienone is 2. The zero-order valence-corrected chi connectivity index (χ0v) is 33.7. The first kappa shape index (κ1) is 36.0. The van der Waals surface area contributed by atoms with Gasteiger partial charge < -0.3 is 9.13 Å². The van der Waals surface area contributed by atoms with Crippen molar-refractivity contribution in [1.29, 1.82) is 0 Å². The number of rotatable bonds is 8. The van der Waals surface area contributed by atoms with E-state index in [0.717, 1.165) is 61.8 Å². The van der Waals surface area contributed by atoms with Crippen LogP contribution in [0.5, 0.6) is 0 Å². The third kappa shape index (κ3) is 6.42. The summed E-state index contributed by atoms with van der Waals surface area (Å²) in [7, 11) is 0. The Morgan fingerprint density at radius 1 is 0.459 bits per heavy atom. The maximum Gasteiger partial charge on any atom is 0.160 e. The summed E-state index contributed by atoms with van der Waals surface area (Å²) in [6.07, 6.45) is 4.38. The number of para-hydroxylation sites is 3. The lowest BCUT2D eigenvalue weighted by Crippen LogP contribution is -1.98. The van der Waals surface area contributed by atoms with E-state index in [9.17, 15) is 0 Å². The van der Waals surface area contributed by atoms with Crippen LogP contribution in [0.4, 0.5) is 0 Å². The molecule has 0 radical (unpaired) electrons. The lowest BCUT2D eigenvalue weighted by molar-refractivity contribution is 1.05. The van der Waals surface area contributed by atoms with E-state index in [1.807, 2.05) is 6.07 Å². The molecule has 0 atom stereocenters. The Bertz CT molecular complexity index is 3480. The number of hydrogen-bond donors (Lipinski definition) is 0. The van der Waals surface area contributed by atoms with Gasteiger partial charge in [0.1, 0.15) is 0 Å². The van der Waals surface area contributed by atoms with E-state index >= 15 is 0 Å². The van der Waals surface area contributed by atoms with Gasteiger partial charge in [-0.1, -0.05) is 146 Å². The molecule has 0 aliphatic rings. The van der Waals surface area contributed by atoms with E-state index in [-0.39, 0.29) is 0 Å². The largest absolute Gasteiger partial charge is 0.313 e. The first-order valence-electron chi connectivity index (χ1n) is 20.7. The molecule has 0 N–H and O–H groups in total. The lowest BCUT2D eigenvalue weighted by Gasteiger charge is -2.12. The maximum absolute atomic E-state index is 5.16. The Morgan fingerprint density at radius 3 is 1.82 bits per heavy atom. The van der Waals surface area contributed by atoms with Crippen molar-refractivity contribution in [3.8, 4) is 45.3 Å². The Hall–Kier alpha value is -8.08. The molecule has 4 heteroatoms. The molecule has 0 amide bonds. The highest BCUT2D eigenvalue weighted by Crippen LogP contribution is 2.36. The van der Waals surface area contributed by atoms with E-state index in [2.05, 4.69) is 229 Å². The van der Waals surface area contributed by atoms with Crippen molar-refractivity contribution < 1.29 is 0 Å². The molecule has 8 aromatic carbocycles. The third-order valence-corrected chi connectivity index (χ3v) is 11.9.